The van der Waals surface area contributed by atoms with Gasteiger partial charge in [0.2, 0.25) is 0 Å². The Bertz CT molecular complexity index is 523. The number of nitrogen functional groups attached to an aromatic ring is 1. The van der Waals surface area contributed by atoms with E-state index in [9.17, 15) is 0 Å². The summed E-state index contributed by atoms with van der Waals surface area (Å²) in [5.41, 5.74) is 7.37. The summed E-state index contributed by atoms with van der Waals surface area (Å²) in [6, 6.07) is 12.9. The Morgan fingerprint density at radius 2 is 1.94 bits per heavy atom. The molecule has 0 atom stereocenters. The minimum Gasteiger partial charge on any atom is -0.454 e. The molecule has 0 amide bonds. The molecule has 0 aromatic heterocycles. The van der Waals surface area contributed by atoms with E-state index in [-0.39, 0.29) is 0 Å². The quantitative estimate of drug-likeness (QED) is 0.852. The molecule has 3 nitrogen and oxygen atoms in total. The Labute approximate surface area is 111 Å². The van der Waals surface area contributed by atoms with Gasteiger partial charge in [-0.3, -0.25) is 0 Å². The van der Waals surface area contributed by atoms with Gasteiger partial charge >= 0.3 is 0 Å². The summed E-state index contributed by atoms with van der Waals surface area (Å²) in [6.07, 6.45) is 0. The smallest absolute Gasteiger partial charge is 0.168 e. The zero-order valence-electron chi connectivity index (χ0n) is 10.0. The first kappa shape index (κ1) is 12.7. The van der Waals surface area contributed by atoms with Crippen LogP contribution in [0.1, 0.15) is 5.56 Å². The maximum absolute atomic E-state index is 6.05. The number of anilines is 1. The number of para-hydroxylation sites is 1. The van der Waals surface area contributed by atoms with Crippen molar-refractivity contribution in [3.05, 3.63) is 53.1 Å². The van der Waals surface area contributed by atoms with E-state index in [4.69, 9.17) is 26.8 Å². The molecule has 0 aliphatic heterocycles. The highest BCUT2D eigenvalue weighted by Gasteiger charge is 2.07. The Balaban J connectivity index is 2.26. The van der Waals surface area contributed by atoms with Gasteiger partial charge in [0.05, 0.1) is 17.3 Å². The van der Waals surface area contributed by atoms with Crippen molar-refractivity contribution in [1.29, 1.82) is 0 Å². The van der Waals surface area contributed by atoms with E-state index in [2.05, 4.69) is 0 Å². The van der Waals surface area contributed by atoms with Crippen molar-refractivity contribution < 1.29 is 9.47 Å². The highest BCUT2D eigenvalue weighted by molar-refractivity contribution is 6.32. The van der Waals surface area contributed by atoms with Gasteiger partial charge < -0.3 is 15.2 Å². The molecule has 0 aliphatic carbocycles. The van der Waals surface area contributed by atoms with Crippen molar-refractivity contribution in [1.82, 2.24) is 0 Å². The van der Waals surface area contributed by atoms with Gasteiger partial charge in [0.25, 0.3) is 0 Å². The zero-order valence-corrected chi connectivity index (χ0v) is 10.8. The van der Waals surface area contributed by atoms with Crippen LogP contribution in [-0.4, -0.2) is 7.11 Å². The maximum Gasteiger partial charge on any atom is 0.168 e. The average Bonchev–Trinajstić information content (AvgIpc) is 2.35. The Kier molecular flexibility index (Phi) is 4.07. The van der Waals surface area contributed by atoms with Crippen LogP contribution in [0, 0.1) is 0 Å². The standard InChI is InChI=1S/C14H14ClNO2/c1-17-9-10-4-2-5-11(8-10)18-14-12(15)6-3-7-13(14)16/h2-8H,9,16H2,1H3. The lowest BCUT2D eigenvalue weighted by Crippen LogP contribution is -1.94. The molecule has 0 fully saturated rings. The maximum atomic E-state index is 6.05. The largest absolute Gasteiger partial charge is 0.454 e. The topological polar surface area (TPSA) is 44.5 Å². The minimum absolute atomic E-state index is 0.480. The molecular formula is C14H14ClNO2. The minimum atomic E-state index is 0.480. The number of nitrogens with two attached hydrogens (primary N) is 1. The Hall–Kier alpha value is -1.71. The summed E-state index contributed by atoms with van der Waals surface area (Å²) >= 11 is 6.05. The van der Waals surface area contributed by atoms with Gasteiger partial charge in [0, 0.05) is 7.11 Å². The lowest BCUT2D eigenvalue weighted by atomic mass is 10.2. The SMILES string of the molecule is COCc1cccc(Oc2c(N)cccc2Cl)c1. The third-order valence-corrected chi connectivity index (χ3v) is 2.72. The molecule has 0 saturated heterocycles. The van der Waals surface area contributed by atoms with E-state index in [1.807, 2.05) is 24.3 Å². The van der Waals surface area contributed by atoms with Crippen LogP contribution in [0.15, 0.2) is 42.5 Å². The fourth-order valence-corrected chi connectivity index (χ4v) is 1.84. The molecule has 0 bridgehead atoms. The molecule has 0 spiro atoms. The molecule has 0 radical (unpaired) electrons. The van der Waals surface area contributed by atoms with E-state index in [0.717, 1.165) is 5.56 Å². The van der Waals surface area contributed by atoms with Crippen LogP contribution in [0.25, 0.3) is 0 Å². The summed E-state index contributed by atoms with van der Waals surface area (Å²) in [6.45, 7) is 0.537. The third-order valence-electron chi connectivity index (χ3n) is 2.43. The number of hydrogen-bond acceptors (Lipinski definition) is 3. The lowest BCUT2D eigenvalue weighted by molar-refractivity contribution is 0.184. The number of halogens is 1. The first-order valence-electron chi connectivity index (χ1n) is 5.50. The van der Waals surface area contributed by atoms with Crippen LogP contribution in [0.3, 0.4) is 0 Å². The van der Waals surface area contributed by atoms with Crippen molar-refractivity contribution in [3.63, 3.8) is 0 Å². The van der Waals surface area contributed by atoms with Crippen LogP contribution >= 0.6 is 11.6 Å². The first-order chi connectivity index (χ1) is 8.70. The predicted octanol–water partition coefficient (Wildman–Crippen LogP) is 3.86. The summed E-state index contributed by atoms with van der Waals surface area (Å²) in [5.74, 6) is 1.16. The van der Waals surface area contributed by atoms with Crippen LogP contribution in [0.4, 0.5) is 5.69 Å². The second-order valence-corrected chi connectivity index (χ2v) is 4.25. The van der Waals surface area contributed by atoms with E-state index in [1.165, 1.54) is 0 Å². The number of benzene rings is 2. The fourth-order valence-electron chi connectivity index (χ4n) is 1.62. The number of ether oxygens (including phenoxy) is 2. The monoisotopic (exact) mass is 263 g/mol. The molecule has 0 heterocycles. The van der Waals surface area contributed by atoms with Gasteiger partial charge in [0.1, 0.15) is 5.75 Å². The summed E-state index contributed by atoms with van der Waals surface area (Å²) in [5, 5.41) is 0.493. The Morgan fingerprint density at radius 3 is 2.67 bits per heavy atom. The van der Waals surface area contributed by atoms with Gasteiger partial charge in [-0.1, -0.05) is 29.8 Å². The highest BCUT2D eigenvalue weighted by Crippen LogP contribution is 2.34. The summed E-state index contributed by atoms with van der Waals surface area (Å²) in [4.78, 5) is 0. The Morgan fingerprint density at radius 1 is 1.17 bits per heavy atom. The normalized spacial score (nSPS) is 10.3. The van der Waals surface area contributed by atoms with Crippen molar-refractivity contribution in [3.8, 4) is 11.5 Å². The third kappa shape index (κ3) is 2.94. The van der Waals surface area contributed by atoms with Gasteiger partial charge in [-0.2, -0.15) is 0 Å². The molecule has 0 saturated carbocycles. The molecule has 2 aromatic rings. The van der Waals surface area contributed by atoms with Crippen LogP contribution in [0.2, 0.25) is 5.02 Å². The van der Waals surface area contributed by atoms with Crippen molar-refractivity contribution >= 4 is 17.3 Å². The molecular weight excluding hydrogens is 250 g/mol. The number of hydrogen-bond donors (Lipinski definition) is 1. The lowest BCUT2D eigenvalue weighted by Gasteiger charge is -2.11. The van der Waals surface area contributed by atoms with Gasteiger partial charge in [-0.25, -0.2) is 0 Å². The first-order valence-corrected chi connectivity index (χ1v) is 5.88. The molecule has 4 heteroatoms. The summed E-state index contributed by atoms with van der Waals surface area (Å²) < 4.78 is 10.8. The average molecular weight is 264 g/mol. The molecule has 0 unspecified atom stereocenters. The number of methoxy groups -OCH3 is 1. The zero-order chi connectivity index (χ0) is 13.0. The molecule has 2 N–H and O–H groups in total. The van der Waals surface area contributed by atoms with Gasteiger partial charge in [-0.15, -0.1) is 0 Å². The van der Waals surface area contributed by atoms with Gasteiger partial charge in [0.15, 0.2) is 5.75 Å². The van der Waals surface area contributed by atoms with E-state index in [0.29, 0.717) is 28.8 Å². The van der Waals surface area contributed by atoms with Crippen molar-refractivity contribution in [2.75, 3.05) is 12.8 Å². The molecule has 0 aliphatic rings. The summed E-state index contributed by atoms with van der Waals surface area (Å²) in [7, 11) is 1.65. The highest BCUT2D eigenvalue weighted by atomic mass is 35.5. The van der Waals surface area contributed by atoms with Crippen LogP contribution in [-0.2, 0) is 11.3 Å². The van der Waals surface area contributed by atoms with Crippen LogP contribution < -0.4 is 10.5 Å². The molecule has 18 heavy (non-hydrogen) atoms. The van der Waals surface area contributed by atoms with Crippen molar-refractivity contribution in [2.45, 2.75) is 6.61 Å². The molecule has 2 rings (SSSR count). The van der Waals surface area contributed by atoms with E-state index in [1.54, 1.807) is 25.3 Å². The predicted molar refractivity (Wildman–Crippen MR) is 73.1 cm³/mol. The second kappa shape index (κ2) is 5.76. The van der Waals surface area contributed by atoms with Crippen molar-refractivity contribution in [2.24, 2.45) is 0 Å². The fraction of sp³-hybridized carbons (Fsp3) is 0.143. The van der Waals surface area contributed by atoms with Crippen LogP contribution in [0.5, 0.6) is 11.5 Å². The molecule has 94 valence electrons. The van der Waals surface area contributed by atoms with E-state index >= 15 is 0 Å². The number of rotatable bonds is 4. The van der Waals surface area contributed by atoms with Gasteiger partial charge in [-0.05, 0) is 29.8 Å². The second-order valence-electron chi connectivity index (χ2n) is 3.84. The van der Waals surface area contributed by atoms with E-state index < -0.39 is 0 Å². The molecule has 2 aromatic carbocycles.